The predicted molar refractivity (Wildman–Crippen MR) is 67.9 cm³/mol. The molecule has 5 fully saturated rings. The van der Waals surface area contributed by atoms with Gasteiger partial charge in [0.2, 0.25) is 0 Å². The van der Waals surface area contributed by atoms with E-state index in [-0.39, 0.29) is 6.10 Å². The van der Waals surface area contributed by atoms with Crippen LogP contribution in [0.15, 0.2) is 0 Å². The van der Waals surface area contributed by atoms with Crippen molar-refractivity contribution in [1.29, 1.82) is 0 Å². The molecule has 2 bridgehead atoms. The molecule has 0 aromatic rings. The third-order valence-electron chi connectivity index (χ3n) is 7.19. The zero-order valence-corrected chi connectivity index (χ0v) is 11.2. The van der Waals surface area contributed by atoms with Crippen molar-refractivity contribution >= 4 is 0 Å². The Morgan fingerprint density at radius 2 is 1.94 bits per heavy atom. The van der Waals surface area contributed by atoms with Gasteiger partial charge in [0.1, 0.15) is 0 Å². The van der Waals surface area contributed by atoms with E-state index in [1.54, 1.807) is 0 Å². The van der Waals surface area contributed by atoms with E-state index in [0.29, 0.717) is 12.2 Å². The largest absolute Gasteiger partial charge is 0.393 e. The van der Waals surface area contributed by atoms with Crippen LogP contribution in [0.25, 0.3) is 0 Å². The Hall–Kier alpha value is -0.0800. The van der Waals surface area contributed by atoms with Gasteiger partial charge in [-0.25, -0.2) is 0 Å². The maximum absolute atomic E-state index is 9.73. The molecule has 1 saturated heterocycles. The van der Waals surface area contributed by atoms with Gasteiger partial charge in [0.25, 0.3) is 0 Å². The van der Waals surface area contributed by atoms with E-state index < -0.39 is 0 Å². The summed E-state index contributed by atoms with van der Waals surface area (Å²) >= 11 is 0. The van der Waals surface area contributed by atoms with Crippen LogP contribution in [0, 0.1) is 41.4 Å². The first-order valence-corrected chi connectivity index (χ1v) is 8.07. The second-order valence-corrected chi connectivity index (χ2v) is 7.84. The molecule has 10 unspecified atom stereocenters. The molecule has 5 aliphatic rings. The Morgan fingerprint density at radius 3 is 2.78 bits per heavy atom. The van der Waals surface area contributed by atoms with Crippen LogP contribution in [-0.2, 0) is 4.74 Å². The quantitative estimate of drug-likeness (QED) is 0.761. The van der Waals surface area contributed by atoms with E-state index in [0.717, 1.165) is 47.8 Å². The first kappa shape index (κ1) is 10.7. The minimum absolute atomic E-state index is 0.0998. The molecule has 18 heavy (non-hydrogen) atoms. The van der Waals surface area contributed by atoms with Gasteiger partial charge < -0.3 is 9.84 Å². The molecule has 10 atom stereocenters. The highest BCUT2D eigenvalue weighted by Crippen LogP contribution is 2.71. The van der Waals surface area contributed by atoms with Gasteiger partial charge in [0, 0.05) is 0 Å². The van der Waals surface area contributed by atoms with Crippen molar-refractivity contribution in [2.75, 3.05) is 0 Å². The predicted octanol–water partition coefficient (Wildman–Crippen LogP) is 2.45. The van der Waals surface area contributed by atoms with Gasteiger partial charge in [-0.3, -0.25) is 0 Å². The van der Waals surface area contributed by atoms with Gasteiger partial charge >= 0.3 is 0 Å². The second-order valence-electron chi connectivity index (χ2n) is 7.84. The number of ether oxygens (including phenoxy) is 1. The Balaban J connectivity index is 1.44. The molecular weight excluding hydrogens is 224 g/mol. The Kier molecular flexibility index (Phi) is 1.97. The molecule has 5 rings (SSSR count). The third kappa shape index (κ3) is 1.17. The lowest BCUT2D eigenvalue weighted by atomic mass is 9.68. The molecule has 1 aliphatic heterocycles. The fourth-order valence-electron chi connectivity index (χ4n) is 6.95. The highest BCUT2D eigenvalue weighted by molar-refractivity contribution is 5.18. The van der Waals surface area contributed by atoms with E-state index in [1.807, 2.05) is 6.92 Å². The maximum atomic E-state index is 9.73. The summed E-state index contributed by atoms with van der Waals surface area (Å²) in [6, 6.07) is 0. The lowest BCUT2D eigenvalue weighted by molar-refractivity contribution is 0.0527. The molecular formula is C16H24O2. The highest BCUT2D eigenvalue weighted by Gasteiger charge is 2.70. The van der Waals surface area contributed by atoms with Crippen LogP contribution >= 0.6 is 0 Å². The van der Waals surface area contributed by atoms with Crippen LogP contribution in [0.2, 0.25) is 0 Å². The maximum Gasteiger partial charge on any atom is 0.0875 e. The smallest absolute Gasteiger partial charge is 0.0875 e. The molecule has 4 aliphatic carbocycles. The van der Waals surface area contributed by atoms with E-state index in [1.165, 1.54) is 25.7 Å². The number of hydrogen-bond donors (Lipinski definition) is 1. The highest BCUT2D eigenvalue weighted by atomic mass is 16.6. The molecule has 0 spiro atoms. The molecule has 1 heterocycles. The fourth-order valence-corrected chi connectivity index (χ4v) is 6.95. The first-order chi connectivity index (χ1) is 8.74. The number of rotatable bonds is 2. The molecule has 100 valence electrons. The van der Waals surface area contributed by atoms with Crippen LogP contribution in [0.4, 0.5) is 0 Å². The van der Waals surface area contributed by atoms with Gasteiger partial charge in [-0.2, -0.15) is 0 Å². The van der Waals surface area contributed by atoms with Crippen LogP contribution in [0.5, 0.6) is 0 Å². The molecule has 0 aromatic heterocycles. The number of aliphatic hydroxyl groups is 1. The summed E-state index contributed by atoms with van der Waals surface area (Å²) in [5, 5.41) is 9.73. The van der Waals surface area contributed by atoms with Gasteiger partial charge in [-0.05, 0) is 80.5 Å². The van der Waals surface area contributed by atoms with Crippen LogP contribution in [0.1, 0.15) is 39.0 Å². The zero-order chi connectivity index (χ0) is 12.0. The average molecular weight is 248 g/mol. The van der Waals surface area contributed by atoms with E-state index >= 15 is 0 Å². The summed E-state index contributed by atoms with van der Waals surface area (Å²) in [5.74, 6) is 6.77. The second kappa shape index (κ2) is 3.32. The van der Waals surface area contributed by atoms with Crippen molar-refractivity contribution in [3.63, 3.8) is 0 Å². The van der Waals surface area contributed by atoms with Crippen molar-refractivity contribution in [3.05, 3.63) is 0 Å². The summed E-state index contributed by atoms with van der Waals surface area (Å²) in [5.41, 5.74) is 0. The lowest BCUT2D eigenvalue weighted by Gasteiger charge is -2.38. The monoisotopic (exact) mass is 248 g/mol. The van der Waals surface area contributed by atoms with E-state index in [4.69, 9.17) is 4.74 Å². The van der Waals surface area contributed by atoms with Crippen LogP contribution in [-0.4, -0.2) is 23.4 Å². The summed E-state index contributed by atoms with van der Waals surface area (Å²) in [7, 11) is 0. The zero-order valence-electron chi connectivity index (χ0n) is 11.2. The normalized spacial score (nSPS) is 64.7. The standard InChI is InChI=1S/C16H24O2/c1-7(17)4-8-2-3-9-10-5-12(14(8)9)15-11(10)6-13-16(15)18-13/h7-17H,2-6H2,1H3. The molecule has 0 aromatic carbocycles. The average Bonchev–Trinajstić information content (AvgIpc) is 2.74. The molecule has 4 saturated carbocycles. The van der Waals surface area contributed by atoms with Crippen LogP contribution in [0.3, 0.4) is 0 Å². The number of epoxide rings is 1. The first-order valence-electron chi connectivity index (χ1n) is 8.07. The summed E-state index contributed by atoms with van der Waals surface area (Å²) in [6.45, 7) is 1.97. The molecule has 2 heteroatoms. The van der Waals surface area contributed by atoms with Gasteiger partial charge in [-0.1, -0.05) is 0 Å². The summed E-state index contributed by atoms with van der Waals surface area (Å²) in [6.07, 6.45) is 8.03. The number of hydrogen-bond acceptors (Lipinski definition) is 2. The lowest BCUT2D eigenvalue weighted by Crippen LogP contribution is -2.35. The molecule has 2 nitrogen and oxygen atoms in total. The summed E-state index contributed by atoms with van der Waals surface area (Å²) in [4.78, 5) is 0. The van der Waals surface area contributed by atoms with Gasteiger partial charge in [0.15, 0.2) is 0 Å². The Bertz CT molecular complexity index is 379. The van der Waals surface area contributed by atoms with Crippen molar-refractivity contribution < 1.29 is 9.84 Å². The Morgan fingerprint density at radius 1 is 1.06 bits per heavy atom. The topological polar surface area (TPSA) is 32.8 Å². The van der Waals surface area contributed by atoms with Crippen molar-refractivity contribution in [2.24, 2.45) is 41.4 Å². The van der Waals surface area contributed by atoms with Crippen molar-refractivity contribution in [2.45, 2.75) is 57.3 Å². The molecule has 0 amide bonds. The van der Waals surface area contributed by atoms with Gasteiger partial charge in [0.05, 0.1) is 18.3 Å². The van der Waals surface area contributed by atoms with Crippen molar-refractivity contribution in [3.8, 4) is 0 Å². The van der Waals surface area contributed by atoms with Crippen LogP contribution < -0.4 is 0 Å². The fraction of sp³-hybridized carbons (Fsp3) is 1.00. The minimum atomic E-state index is -0.0998. The summed E-state index contributed by atoms with van der Waals surface area (Å²) < 4.78 is 5.83. The number of aliphatic hydroxyl groups excluding tert-OH is 1. The Labute approximate surface area is 109 Å². The number of fused-ring (bicyclic) bond motifs is 10. The van der Waals surface area contributed by atoms with Gasteiger partial charge in [-0.15, -0.1) is 0 Å². The third-order valence-corrected chi connectivity index (χ3v) is 7.19. The minimum Gasteiger partial charge on any atom is -0.393 e. The SMILES string of the molecule is CC(O)CC1CCC2C3CC(C12)C1C3CC2OC21. The molecule has 1 N–H and O–H groups in total. The van der Waals surface area contributed by atoms with Crippen molar-refractivity contribution in [1.82, 2.24) is 0 Å². The van der Waals surface area contributed by atoms with E-state index in [9.17, 15) is 5.11 Å². The van der Waals surface area contributed by atoms with E-state index in [2.05, 4.69) is 0 Å². The molecule has 0 radical (unpaired) electrons.